The van der Waals surface area contributed by atoms with Crippen LogP contribution >= 0.6 is 0 Å². The minimum Gasteiger partial charge on any atom is -0.491 e. The number of alkyl carbamates (subject to hydrolysis) is 1. The van der Waals surface area contributed by atoms with E-state index in [1.165, 1.54) is 29.2 Å². The average molecular weight is 460 g/mol. The number of benzene rings is 2. The molecule has 0 radical (unpaired) electrons. The van der Waals surface area contributed by atoms with Crippen molar-refractivity contribution in [3.05, 3.63) is 54.3 Å². The summed E-state index contributed by atoms with van der Waals surface area (Å²) in [6.07, 6.45) is -0.822. The second-order valence-corrected chi connectivity index (χ2v) is 7.02. The van der Waals surface area contributed by atoms with E-state index in [2.05, 4.69) is 5.32 Å². The molecular weight excluding hydrogens is 435 g/mol. The Bertz CT molecular complexity index is 944. The molecule has 1 unspecified atom stereocenters. The Balaban J connectivity index is 1.61. The minimum atomic E-state index is -1.23. The van der Waals surface area contributed by atoms with E-state index in [0.29, 0.717) is 43.6 Å². The van der Waals surface area contributed by atoms with Crippen LogP contribution in [0.1, 0.15) is 6.92 Å². The number of hydrogen-bond acceptors (Lipinski definition) is 7. The van der Waals surface area contributed by atoms with E-state index in [-0.39, 0.29) is 19.0 Å². The smallest absolute Gasteiger partial charge is 0.407 e. The Hall–Kier alpha value is -3.66. The fourth-order valence-corrected chi connectivity index (χ4v) is 2.99. The second-order valence-electron chi connectivity index (χ2n) is 7.02. The summed E-state index contributed by atoms with van der Waals surface area (Å²) in [5.41, 5.74) is 0. The monoisotopic (exact) mass is 460 g/mol. The highest BCUT2D eigenvalue weighted by molar-refractivity contribution is 6.38. The Labute approximate surface area is 190 Å². The van der Waals surface area contributed by atoms with Gasteiger partial charge in [-0.1, -0.05) is 0 Å². The number of nitrogens with zero attached hydrogens (tertiary/aromatic N) is 1. The van der Waals surface area contributed by atoms with Crippen LogP contribution in [0.2, 0.25) is 0 Å². The molecule has 1 atom stereocenters. The molecule has 176 valence electrons. The van der Waals surface area contributed by atoms with Crippen LogP contribution in [0, 0.1) is 5.82 Å². The number of hydrogen-bond donors (Lipinski definition) is 1. The molecule has 1 aliphatic rings. The third kappa shape index (κ3) is 7.18. The summed E-state index contributed by atoms with van der Waals surface area (Å²) in [4.78, 5) is 38.6. The molecule has 10 heteroatoms. The number of nitrogens with one attached hydrogen (secondary N) is 1. The molecule has 0 bridgehead atoms. The molecule has 9 nitrogen and oxygen atoms in total. The van der Waals surface area contributed by atoms with E-state index in [9.17, 15) is 18.8 Å². The normalized spacial score (nSPS) is 14.2. The van der Waals surface area contributed by atoms with Crippen LogP contribution in [-0.2, 0) is 19.1 Å². The van der Waals surface area contributed by atoms with Crippen molar-refractivity contribution in [2.24, 2.45) is 0 Å². The quantitative estimate of drug-likeness (QED) is 0.574. The number of amides is 2. The molecule has 0 aromatic heterocycles. The number of ketones is 1. The SMILES string of the molecule is CCOC(=O)NC(COc1ccc(Oc2ccc(F)cc2)cc1)C(=O)C(=O)N1CCOCC1. The zero-order chi connectivity index (χ0) is 23.6. The van der Waals surface area contributed by atoms with E-state index in [1.54, 1.807) is 31.2 Å². The van der Waals surface area contributed by atoms with Crippen molar-refractivity contribution in [1.82, 2.24) is 10.2 Å². The largest absolute Gasteiger partial charge is 0.491 e. The minimum absolute atomic E-state index is 0.112. The highest BCUT2D eigenvalue weighted by Gasteiger charge is 2.32. The fourth-order valence-electron chi connectivity index (χ4n) is 2.99. The molecule has 1 aliphatic heterocycles. The number of rotatable bonds is 9. The number of carbonyl (C=O) groups excluding carboxylic acids is 3. The first kappa shape index (κ1) is 24.0. The van der Waals surface area contributed by atoms with Crippen LogP contribution in [0.25, 0.3) is 0 Å². The number of Topliss-reactive ketones (excluding diaryl/α,β-unsaturated/α-hetero) is 1. The van der Waals surface area contributed by atoms with Crippen molar-refractivity contribution >= 4 is 17.8 Å². The van der Waals surface area contributed by atoms with Gasteiger partial charge in [-0.15, -0.1) is 0 Å². The van der Waals surface area contributed by atoms with Gasteiger partial charge < -0.3 is 29.2 Å². The first-order valence-corrected chi connectivity index (χ1v) is 10.5. The average Bonchev–Trinajstić information content (AvgIpc) is 2.84. The van der Waals surface area contributed by atoms with Crippen molar-refractivity contribution in [2.75, 3.05) is 39.5 Å². The van der Waals surface area contributed by atoms with E-state index in [0.717, 1.165) is 0 Å². The van der Waals surface area contributed by atoms with Crippen molar-refractivity contribution in [1.29, 1.82) is 0 Å². The highest BCUT2D eigenvalue weighted by Crippen LogP contribution is 2.24. The molecule has 1 saturated heterocycles. The van der Waals surface area contributed by atoms with Crippen molar-refractivity contribution in [3.63, 3.8) is 0 Å². The van der Waals surface area contributed by atoms with Crippen molar-refractivity contribution in [2.45, 2.75) is 13.0 Å². The summed E-state index contributed by atoms with van der Waals surface area (Å²) in [5.74, 6) is -0.528. The molecule has 0 spiro atoms. The fraction of sp³-hybridized carbons (Fsp3) is 0.348. The standard InChI is InChI=1S/C23H25FN2O7/c1-2-31-23(29)25-20(21(27)22(28)26-11-13-30-14-12-26)15-32-17-7-9-19(10-8-17)33-18-5-3-16(24)4-6-18/h3-10,20H,2,11-15H2,1H3,(H,25,29). The lowest BCUT2D eigenvalue weighted by Gasteiger charge is -2.27. The Kier molecular flexibility index (Phi) is 8.59. The highest BCUT2D eigenvalue weighted by atomic mass is 19.1. The van der Waals surface area contributed by atoms with Gasteiger partial charge in [0.25, 0.3) is 5.91 Å². The molecule has 0 saturated carbocycles. The Morgan fingerprint density at radius 2 is 1.58 bits per heavy atom. The zero-order valence-corrected chi connectivity index (χ0v) is 18.1. The van der Waals surface area contributed by atoms with Crippen LogP contribution < -0.4 is 14.8 Å². The molecule has 3 rings (SSSR count). The molecular formula is C23H25FN2O7. The van der Waals surface area contributed by atoms with Gasteiger partial charge in [-0.2, -0.15) is 0 Å². The van der Waals surface area contributed by atoms with Crippen LogP contribution in [0.3, 0.4) is 0 Å². The molecule has 1 N–H and O–H groups in total. The predicted molar refractivity (Wildman–Crippen MR) is 115 cm³/mol. The number of carbonyl (C=O) groups is 3. The van der Waals surface area contributed by atoms with Gasteiger partial charge in [0, 0.05) is 13.1 Å². The second kappa shape index (κ2) is 11.8. The molecule has 33 heavy (non-hydrogen) atoms. The molecule has 1 fully saturated rings. The third-order valence-electron chi connectivity index (χ3n) is 4.68. The van der Waals surface area contributed by atoms with Gasteiger partial charge in [-0.05, 0) is 55.5 Å². The number of ether oxygens (including phenoxy) is 4. The maximum atomic E-state index is 13.0. The van der Waals surface area contributed by atoms with Crippen molar-refractivity contribution in [3.8, 4) is 17.2 Å². The molecule has 1 heterocycles. The zero-order valence-electron chi connectivity index (χ0n) is 18.1. The van der Waals surface area contributed by atoms with Gasteiger partial charge in [0.2, 0.25) is 5.78 Å². The van der Waals surface area contributed by atoms with Crippen LogP contribution in [0.4, 0.5) is 9.18 Å². The van der Waals surface area contributed by atoms with Gasteiger partial charge >= 0.3 is 6.09 Å². The predicted octanol–water partition coefficient (Wildman–Crippen LogP) is 2.54. The first-order valence-electron chi connectivity index (χ1n) is 10.5. The topological polar surface area (TPSA) is 103 Å². The number of morpholine rings is 1. The molecule has 2 aromatic rings. The molecule has 0 aliphatic carbocycles. The van der Waals surface area contributed by atoms with Gasteiger partial charge in [0.05, 0.1) is 19.8 Å². The lowest BCUT2D eigenvalue weighted by Crippen LogP contribution is -2.53. The van der Waals surface area contributed by atoms with E-state index in [4.69, 9.17) is 18.9 Å². The van der Waals surface area contributed by atoms with Gasteiger partial charge in [-0.3, -0.25) is 9.59 Å². The maximum Gasteiger partial charge on any atom is 0.407 e. The summed E-state index contributed by atoms with van der Waals surface area (Å²) in [6, 6.07) is 10.8. The molecule has 2 aromatic carbocycles. The van der Waals surface area contributed by atoms with Gasteiger partial charge in [-0.25, -0.2) is 9.18 Å². The van der Waals surface area contributed by atoms with E-state index in [1.807, 2.05) is 0 Å². The summed E-state index contributed by atoms with van der Waals surface area (Å²) >= 11 is 0. The van der Waals surface area contributed by atoms with Gasteiger partial charge in [0.15, 0.2) is 0 Å². The van der Waals surface area contributed by atoms with Crippen LogP contribution in [-0.4, -0.2) is 68.2 Å². The van der Waals surface area contributed by atoms with E-state index >= 15 is 0 Å². The molecule has 2 amide bonds. The lowest BCUT2D eigenvalue weighted by atomic mass is 10.1. The van der Waals surface area contributed by atoms with Gasteiger partial charge in [0.1, 0.15) is 35.7 Å². The van der Waals surface area contributed by atoms with Crippen LogP contribution in [0.5, 0.6) is 17.2 Å². The lowest BCUT2D eigenvalue weighted by molar-refractivity contribution is -0.148. The summed E-state index contributed by atoms with van der Waals surface area (Å²) in [6.45, 7) is 2.75. The summed E-state index contributed by atoms with van der Waals surface area (Å²) in [5, 5.41) is 2.39. The summed E-state index contributed by atoms with van der Waals surface area (Å²) < 4.78 is 34.3. The first-order chi connectivity index (χ1) is 16.0. The Morgan fingerprint density at radius 1 is 1.00 bits per heavy atom. The third-order valence-corrected chi connectivity index (χ3v) is 4.68. The van der Waals surface area contributed by atoms with E-state index < -0.39 is 23.8 Å². The Morgan fingerprint density at radius 3 is 2.18 bits per heavy atom. The summed E-state index contributed by atoms with van der Waals surface area (Å²) in [7, 11) is 0. The number of halogens is 1. The van der Waals surface area contributed by atoms with Crippen LogP contribution in [0.15, 0.2) is 48.5 Å². The van der Waals surface area contributed by atoms with Crippen molar-refractivity contribution < 1.29 is 37.7 Å². The maximum absolute atomic E-state index is 13.0.